The Hall–Kier alpha value is -1.77. The average molecular weight is 312 g/mol. The van der Waals surface area contributed by atoms with Crippen LogP contribution in [0.3, 0.4) is 0 Å². The average Bonchev–Trinajstić information content (AvgIpc) is 2.82. The predicted octanol–water partition coefficient (Wildman–Crippen LogP) is 4.40. The largest absolute Gasteiger partial charge is 0.358 e. The van der Waals surface area contributed by atoms with Crippen LogP contribution in [0.2, 0.25) is 0 Å². The van der Waals surface area contributed by atoms with Crippen molar-refractivity contribution in [2.45, 2.75) is 59.4 Å². The molecular weight excluding hydrogens is 284 g/mol. The van der Waals surface area contributed by atoms with Gasteiger partial charge in [0.2, 0.25) is 5.91 Å². The summed E-state index contributed by atoms with van der Waals surface area (Å²) in [6.07, 6.45) is 1.57. The van der Waals surface area contributed by atoms with Crippen molar-refractivity contribution >= 4 is 16.8 Å². The lowest BCUT2D eigenvalue weighted by atomic mass is 9.86. The normalized spacial score (nSPS) is 15.3. The van der Waals surface area contributed by atoms with Crippen LogP contribution in [-0.4, -0.2) is 22.3 Å². The van der Waals surface area contributed by atoms with Gasteiger partial charge >= 0.3 is 0 Å². The van der Waals surface area contributed by atoms with E-state index in [1.807, 2.05) is 4.90 Å². The summed E-state index contributed by atoms with van der Waals surface area (Å²) in [7, 11) is 0. The van der Waals surface area contributed by atoms with Gasteiger partial charge in [-0.1, -0.05) is 40.7 Å². The molecule has 0 unspecified atom stereocenters. The van der Waals surface area contributed by atoms with Gasteiger partial charge < -0.3 is 9.88 Å². The van der Waals surface area contributed by atoms with E-state index in [1.165, 1.54) is 27.7 Å². The summed E-state index contributed by atoms with van der Waals surface area (Å²) in [5.74, 6) is 0.700. The zero-order valence-corrected chi connectivity index (χ0v) is 15.0. The molecule has 0 saturated heterocycles. The van der Waals surface area contributed by atoms with E-state index >= 15 is 0 Å². The van der Waals surface area contributed by atoms with Crippen LogP contribution in [0.1, 0.15) is 57.9 Å². The number of fused-ring (bicyclic) bond motifs is 3. The third kappa shape index (κ3) is 3.15. The van der Waals surface area contributed by atoms with Crippen LogP contribution in [-0.2, 0) is 23.2 Å². The second-order valence-corrected chi connectivity index (χ2v) is 8.26. The van der Waals surface area contributed by atoms with E-state index in [9.17, 15) is 4.79 Å². The number of nitrogens with zero attached hydrogens (tertiary/aromatic N) is 1. The maximum absolute atomic E-state index is 12.4. The molecule has 0 saturated carbocycles. The molecule has 2 aromatic rings. The van der Waals surface area contributed by atoms with Crippen molar-refractivity contribution in [2.24, 2.45) is 5.92 Å². The molecule has 0 atom stereocenters. The van der Waals surface area contributed by atoms with E-state index in [4.69, 9.17) is 0 Å². The van der Waals surface area contributed by atoms with Crippen molar-refractivity contribution in [1.29, 1.82) is 0 Å². The van der Waals surface area contributed by atoms with E-state index < -0.39 is 0 Å². The number of aromatic nitrogens is 1. The maximum Gasteiger partial charge on any atom is 0.223 e. The highest BCUT2D eigenvalue weighted by Gasteiger charge is 2.25. The molecule has 1 N–H and O–H groups in total. The first-order valence-electron chi connectivity index (χ1n) is 8.67. The van der Waals surface area contributed by atoms with Crippen LogP contribution in [0.25, 0.3) is 10.9 Å². The first-order valence-corrected chi connectivity index (χ1v) is 8.67. The fraction of sp³-hybridized carbons (Fsp3) is 0.550. The van der Waals surface area contributed by atoms with E-state index in [1.54, 1.807) is 0 Å². The number of aromatic amines is 1. The van der Waals surface area contributed by atoms with E-state index in [0.29, 0.717) is 12.3 Å². The van der Waals surface area contributed by atoms with Crippen LogP contribution < -0.4 is 0 Å². The minimum Gasteiger partial charge on any atom is -0.358 e. The highest BCUT2D eigenvalue weighted by atomic mass is 16.2. The molecule has 2 heterocycles. The number of nitrogens with one attached hydrogen (secondary N) is 1. The fourth-order valence-electron chi connectivity index (χ4n) is 3.37. The minimum absolute atomic E-state index is 0.139. The molecule has 0 fully saturated rings. The van der Waals surface area contributed by atoms with Gasteiger partial charge in [-0.15, -0.1) is 0 Å². The zero-order valence-electron chi connectivity index (χ0n) is 15.0. The topological polar surface area (TPSA) is 36.1 Å². The van der Waals surface area contributed by atoms with Gasteiger partial charge in [-0.3, -0.25) is 4.79 Å². The Morgan fingerprint density at radius 2 is 2.04 bits per heavy atom. The highest BCUT2D eigenvalue weighted by molar-refractivity contribution is 5.87. The molecule has 0 bridgehead atoms. The molecule has 1 aliphatic rings. The molecule has 3 heteroatoms. The smallest absolute Gasteiger partial charge is 0.223 e. The monoisotopic (exact) mass is 312 g/mol. The van der Waals surface area contributed by atoms with Crippen LogP contribution in [0.4, 0.5) is 0 Å². The Bertz CT molecular complexity index is 734. The van der Waals surface area contributed by atoms with Gasteiger partial charge in [0.25, 0.3) is 0 Å². The van der Waals surface area contributed by atoms with Crippen LogP contribution in [0.15, 0.2) is 18.2 Å². The molecule has 124 valence electrons. The number of amides is 1. The molecule has 1 amide bonds. The molecule has 1 aromatic heterocycles. The molecule has 3 nitrogen and oxygen atoms in total. The number of carbonyl (C=O) groups excluding carboxylic acids is 1. The Kier molecular flexibility index (Phi) is 3.99. The van der Waals surface area contributed by atoms with Crippen molar-refractivity contribution in [3.05, 3.63) is 35.0 Å². The Labute approximate surface area is 139 Å². The number of carbonyl (C=O) groups is 1. The van der Waals surface area contributed by atoms with Crippen molar-refractivity contribution in [3.8, 4) is 0 Å². The van der Waals surface area contributed by atoms with Crippen LogP contribution in [0, 0.1) is 5.92 Å². The summed E-state index contributed by atoms with van der Waals surface area (Å²) < 4.78 is 0. The van der Waals surface area contributed by atoms with Gasteiger partial charge in [0, 0.05) is 48.1 Å². The van der Waals surface area contributed by atoms with Gasteiger partial charge in [-0.2, -0.15) is 0 Å². The second-order valence-electron chi connectivity index (χ2n) is 8.26. The lowest BCUT2D eigenvalue weighted by Gasteiger charge is -2.28. The summed E-state index contributed by atoms with van der Waals surface area (Å²) in [5, 5.41) is 1.29. The molecule has 1 aromatic carbocycles. The Morgan fingerprint density at radius 1 is 1.30 bits per heavy atom. The van der Waals surface area contributed by atoms with Crippen LogP contribution >= 0.6 is 0 Å². The molecule has 23 heavy (non-hydrogen) atoms. The van der Waals surface area contributed by atoms with Gasteiger partial charge in [0.15, 0.2) is 0 Å². The lowest BCUT2D eigenvalue weighted by Crippen LogP contribution is -2.36. The first kappa shape index (κ1) is 16.1. The highest BCUT2D eigenvalue weighted by Crippen LogP contribution is 2.32. The molecule has 0 radical (unpaired) electrons. The number of hydrogen-bond donors (Lipinski definition) is 1. The SMILES string of the molecule is CC(C)CC(=O)N1CCc2[nH]c3ccc(C(C)(C)C)cc3c2C1. The van der Waals surface area contributed by atoms with Gasteiger partial charge in [0.05, 0.1) is 0 Å². The second kappa shape index (κ2) is 5.70. The molecular formula is C20H28N2O. The summed E-state index contributed by atoms with van der Waals surface area (Å²) in [4.78, 5) is 18.0. The predicted molar refractivity (Wildman–Crippen MR) is 95.6 cm³/mol. The third-order valence-corrected chi connectivity index (χ3v) is 4.78. The van der Waals surface area contributed by atoms with Crippen molar-refractivity contribution < 1.29 is 4.79 Å². The van der Waals surface area contributed by atoms with E-state index in [2.05, 4.69) is 57.8 Å². The van der Waals surface area contributed by atoms with Crippen molar-refractivity contribution in [1.82, 2.24) is 9.88 Å². The van der Waals surface area contributed by atoms with Gasteiger partial charge in [0.1, 0.15) is 0 Å². The maximum atomic E-state index is 12.4. The van der Waals surface area contributed by atoms with E-state index in [0.717, 1.165) is 19.5 Å². The molecule has 3 rings (SSSR count). The minimum atomic E-state index is 0.139. The first-order chi connectivity index (χ1) is 10.8. The van der Waals surface area contributed by atoms with Crippen LogP contribution in [0.5, 0.6) is 0 Å². The summed E-state index contributed by atoms with van der Waals surface area (Å²) >= 11 is 0. The quantitative estimate of drug-likeness (QED) is 0.877. The van der Waals surface area contributed by atoms with E-state index in [-0.39, 0.29) is 11.3 Å². The summed E-state index contributed by atoms with van der Waals surface area (Å²) in [5.41, 5.74) is 5.30. The third-order valence-electron chi connectivity index (χ3n) is 4.78. The summed E-state index contributed by atoms with van der Waals surface area (Å²) in [6.45, 7) is 12.5. The molecule has 0 spiro atoms. The Balaban J connectivity index is 1.95. The molecule has 0 aliphatic carbocycles. The number of rotatable bonds is 2. The van der Waals surface area contributed by atoms with Gasteiger partial charge in [-0.25, -0.2) is 0 Å². The lowest BCUT2D eigenvalue weighted by molar-refractivity contribution is -0.132. The molecule has 1 aliphatic heterocycles. The van der Waals surface area contributed by atoms with Gasteiger partial charge in [-0.05, 0) is 29.0 Å². The van der Waals surface area contributed by atoms with Crippen molar-refractivity contribution in [2.75, 3.05) is 6.54 Å². The zero-order chi connectivity index (χ0) is 16.8. The Morgan fingerprint density at radius 3 is 2.70 bits per heavy atom. The summed E-state index contributed by atoms with van der Waals surface area (Å²) in [6, 6.07) is 6.71. The number of hydrogen-bond acceptors (Lipinski definition) is 1. The number of benzene rings is 1. The standard InChI is InChI=1S/C20H28N2O/c1-13(2)10-19(23)22-9-8-18-16(12-22)15-11-14(20(3,4)5)6-7-17(15)21-18/h6-7,11,13,21H,8-10,12H2,1-5H3. The fourth-order valence-corrected chi connectivity index (χ4v) is 3.37. The van der Waals surface area contributed by atoms with Crippen molar-refractivity contribution in [3.63, 3.8) is 0 Å². The number of H-pyrrole nitrogens is 1.